The molecule has 2 aromatic carbocycles. The zero-order valence-electron chi connectivity index (χ0n) is 16.8. The van der Waals surface area contributed by atoms with E-state index in [9.17, 15) is 9.59 Å². The van der Waals surface area contributed by atoms with Crippen molar-refractivity contribution in [1.29, 1.82) is 0 Å². The van der Waals surface area contributed by atoms with Gasteiger partial charge in [-0.05, 0) is 42.7 Å². The van der Waals surface area contributed by atoms with E-state index in [1.165, 1.54) is 9.13 Å². The molecular weight excluding hydrogens is 416 g/mol. The van der Waals surface area contributed by atoms with Gasteiger partial charge < -0.3 is 9.30 Å². The molecule has 7 nitrogen and oxygen atoms in total. The monoisotopic (exact) mass is 436 g/mol. The highest BCUT2D eigenvalue weighted by Crippen LogP contribution is 2.18. The van der Waals surface area contributed by atoms with Crippen molar-refractivity contribution < 1.29 is 4.74 Å². The minimum absolute atomic E-state index is 0.146. The highest BCUT2D eigenvalue weighted by atomic mass is 35.5. The molecule has 4 aromatic rings. The van der Waals surface area contributed by atoms with Crippen LogP contribution in [0.25, 0.3) is 16.9 Å². The van der Waals surface area contributed by atoms with Crippen LogP contribution in [0.15, 0.2) is 70.5 Å². The maximum absolute atomic E-state index is 13.5. The largest absolute Gasteiger partial charge is 0.376 e. The Labute approximate surface area is 183 Å². The van der Waals surface area contributed by atoms with Crippen LogP contribution in [0.3, 0.4) is 0 Å². The molecule has 0 radical (unpaired) electrons. The standard InChI is InChI=1S/C23H21ClN4O3/c24-17-8-10-18(11-9-17)28-21-20(26(15-25-21)13-16-5-2-1-3-6-16)22(29)27(23(28)30)14-19-7-4-12-31-19/h1-3,5-6,8-11,15,19H,4,7,12-14H2. The van der Waals surface area contributed by atoms with Crippen molar-refractivity contribution in [2.75, 3.05) is 6.61 Å². The third-order valence-electron chi connectivity index (χ3n) is 5.59. The molecule has 0 N–H and O–H groups in total. The Morgan fingerprint density at radius 1 is 1.06 bits per heavy atom. The summed E-state index contributed by atoms with van der Waals surface area (Å²) in [6, 6.07) is 16.8. The first-order valence-corrected chi connectivity index (χ1v) is 10.6. The van der Waals surface area contributed by atoms with Gasteiger partial charge in [0, 0.05) is 18.2 Å². The second-order valence-corrected chi connectivity index (χ2v) is 8.11. The van der Waals surface area contributed by atoms with Crippen molar-refractivity contribution >= 4 is 22.8 Å². The SMILES string of the molecule is O=c1c2c(ncn2Cc2ccccc2)n(-c2ccc(Cl)cc2)c(=O)n1CC1CCCO1. The number of ether oxygens (including phenoxy) is 1. The molecule has 2 aromatic heterocycles. The van der Waals surface area contributed by atoms with Gasteiger partial charge in [-0.1, -0.05) is 41.9 Å². The number of nitrogens with zero attached hydrogens (tertiary/aromatic N) is 4. The summed E-state index contributed by atoms with van der Waals surface area (Å²) in [5.41, 5.74) is 1.57. The number of rotatable bonds is 5. The van der Waals surface area contributed by atoms with E-state index in [2.05, 4.69) is 4.98 Å². The first kappa shape index (κ1) is 19.8. The first-order chi connectivity index (χ1) is 15.1. The predicted octanol–water partition coefficient (Wildman–Crippen LogP) is 3.23. The molecule has 1 unspecified atom stereocenters. The molecule has 8 heteroatoms. The van der Waals surface area contributed by atoms with Gasteiger partial charge in [0.2, 0.25) is 0 Å². The number of halogens is 1. The Bertz CT molecular complexity index is 1330. The summed E-state index contributed by atoms with van der Waals surface area (Å²) in [5, 5.41) is 0.565. The van der Waals surface area contributed by atoms with E-state index in [0.29, 0.717) is 35.0 Å². The van der Waals surface area contributed by atoms with Crippen molar-refractivity contribution in [3.8, 4) is 5.69 Å². The van der Waals surface area contributed by atoms with Gasteiger partial charge in [-0.3, -0.25) is 9.36 Å². The molecule has 0 spiro atoms. The molecule has 158 valence electrons. The molecule has 1 saturated heterocycles. The van der Waals surface area contributed by atoms with Crippen molar-refractivity contribution in [3.63, 3.8) is 0 Å². The fourth-order valence-corrected chi connectivity index (χ4v) is 4.18. The molecule has 0 bridgehead atoms. The average molecular weight is 437 g/mol. The maximum Gasteiger partial charge on any atom is 0.337 e. The zero-order valence-corrected chi connectivity index (χ0v) is 17.5. The summed E-state index contributed by atoms with van der Waals surface area (Å²) in [4.78, 5) is 31.3. The molecule has 1 atom stereocenters. The Hall–Kier alpha value is -3.16. The van der Waals surface area contributed by atoms with Crippen molar-refractivity contribution in [3.05, 3.63) is 92.3 Å². The summed E-state index contributed by atoms with van der Waals surface area (Å²) < 4.78 is 10.2. The highest BCUT2D eigenvalue weighted by molar-refractivity contribution is 6.30. The van der Waals surface area contributed by atoms with Gasteiger partial charge in [0.25, 0.3) is 5.56 Å². The van der Waals surface area contributed by atoms with Crippen LogP contribution in [0.1, 0.15) is 18.4 Å². The molecule has 1 aliphatic heterocycles. The number of fused-ring (bicyclic) bond motifs is 1. The summed E-state index contributed by atoms with van der Waals surface area (Å²) in [6.45, 7) is 1.35. The quantitative estimate of drug-likeness (QED) is 0.481. The lowest BCUT2D eigenvalue weighted by Gasteiger charge is -2.15. The van der Waals surface area contributed by atoms with Gasteiger partial charge in [-0.2, -0.15) is 0 Å². The fraction of sp³-hybridized carbons (Fsp3) is 0.261. The van der Waals surface area contributed by atoms with Crippen molar-refractivity contribution in [2.45, 2.75) is 32.0 Å². The van der Waals surface area contributed by atoms with E-state index in [-0.39, 0.29) is 18.2 Å². The van der Waals surface area contributed by atoms with Crippen LogP contribution in [-0.2, 0) is 17.8 Å². The second-order valence-electron chi connectivity index (χ2n) is 7.68. The van der Waals surface area contributed by atoms with Crippen LogP contribution in [0.5, 0.6) is 0 Å². The molecular formula is C23H21ClN4O3. The zero-order chi connectivity index (χ0) is 21.4. The third-order valence-corrected chi connectivity index (χ3v) is 5.84. The smallest absolute Gasteiger partial charge is 0.337 e. The molecule has 1 aliphatic rings. The van der Waals surface area contributed by atoms with Gasteiger partial charge in [-0.25, -0.2) is 14.3 Å². The predicted molar refractivity (Wildman–Crippen MR) is 119 cm³/mol. The van der Waals surface area contributed by atoms with E-state index < -0.39 is 5.69 Å². The summed E-state index contributed by atoms with van der Waals surface area (Å²) >= 11 is 6.04. The van der Waals surface area contributed by atoms with Gasteiger partial charge in [0.1, 0.15) is 0 Å². The van der Waals surface area contributed by atoms with Crippen molar-refractivity contribution in [1.82, 2.24) is 18.7 Å². The molecule has 1 fully saturated rings. The normalized spacial score (nSPS) is 16.2. The highest BCUT2D eigenvalue weighted by Gasteiger charge is 2.23. The lowest BCUT2D eigenvalue weighted by atomic mass is 10.2. The van der Waals surface area contributed by atoms with E-state index in [1.807, 2.05) is 30.3 Å². The molecule has 0 saturated carbocycles. The van der Waals surface area contributed by atoms with Crippen LogP contribution in [0, 0.1) is 0 Å². The molecule has 0 aliphatic carbocycles. The second kappa shape index (κ2) is 8.17. The first-order valence-electron chi connectivity index (χ1n) is 10.2. The molecule has 5 rings (SSSR count). The minimum atomic E-state index is -0.430. The maximum atomic E-state index is 13.5. The Morgan fingerprint density at radius 2 is 1.84 bits per heavy atom. The average Bonchev–Trinajstić information content (AvgIpc) is 3.44. The number of aromatic nitrogens is 4. The van der Waals surface area contributed by atoms with Gasteiger partial charge >= 0.3 is 5.69 Å². The number of hydrogen-bond acceptors (Lipinski definition) is 4. The summed E-state index contributed by atoms with van der Waals surface area (Å²) in [7, 11) is 0. The third kappa shape index (κ3) is 3.71. The van der Waals surface area contributed by atoms with Crippen molar-refractivity contribution in [2.24, 2.45) is 0 Å². The fourth-order valence-electron chi connectivity index (χ4n) is 4.06. The van der Waals surface area contributed by atoms with Crippen LogP contribution in [-0.4, -0.2) is 31.4 Å². The number of hydrogen-bond donors (Lipinski definition) is 0. The van der Waals surface area contributed by atoms with Crippen LogP contribution in [0.2, 0.25) is 5.02 Å². The number of benzene rings is 2. The minimum Gasteiger partial charge on any atom is -0.376 e. The summed E-state index contributed by atoms with van der Waals surface area (Å²) in [6.07, 6.45) is 3.22. The Morgan fingerprint density at radius 3 is 2.55 bits per heavy atom. The topological polar surface area (TPSA) is 71.0 Å². The molecule has 31 heavy (non-hydrogen) atoms. The Kier molecular flexibility index (Phi) is 5.21. The lowest BCUT2D eigenvalue weighted by Crippen LogP contribution is -2.42. The van der Waals surface area contributed by atoms with Crippen LogP contribution >= 0.6 is 11.6 Å². The van der Waals surface area contributed by atoms with Gasteiger partial charge in [0.15, 0.2) is 11.2 Å². The van der Waals surface area contributed by atoms with E-state index >= 15 is 0 Å². The van der Waals surface area contributed by atoms with E-state index in [0.717, 1.165) is 18.4 Å². The van der Waals surface area contributed by atoms with Gasteiger partial charge in [0.05, 0.1) is 24.7 Å². The molecule has 3 heterocycles. The van der Waals surface area contributed by atoms with E-state index in [4.69, 9.17) is 16.3 Å². The van der Waals surface area contributed by atoms with E-state index in [1.54, 1.807) is 35.2 Å². The Balaban J connectivity index is 1.73. The molecule has 0 amide bonds. The van der Waals surface area contributed by atoms with Crippen LogP contribution < -0.4 is 11.2 Å². The van der Waals surface area contributed by atoms with Crippen LogP contribution in [0.4, 0.5) is 0 Å². The van der Waals surface area contributed by atoms with Gasteiger partial charge in [-0.15, -0.1) is 0 Å². The summed E-state index contributed by atoms with van der Waals surface area (Å²) in [5.74, 6) is 0. The number of imidazole rings is 1. The lowest BCUT2D eigenvalue weighted by molar-refractivity contribution is 0.0950.